The number of aromatic nitrogens is 5. The molecule has 1 aliphatic heterocycles. The Morgan fingerprint density at radius 1 is 1.33 bits per heavy atom. The van der Waals surface area contributed by atoms with E-state index in [1.165, 1.54) is 15.5 Å². The summed E-state index contributed by atoms with van der Waals surface area (Å²) in [5, 5.41) is 21.1. The smallest absolute Gasteiger partial charge is 0.394 e. The zero-order chi connectivity index (χ0) is 23.9. The van der Waals surface area contributed by atoms with E-state index in [9.17, 15) is 28.2 Å². The lowest BCUT2D eigenvalue weighted by Gasteiger charge is -2.13. The van der Waals surface area contributed by atoms with Gasteiger partial charge in [0.05, 0.1) is 31.4 Å². The van der Waals surface area contributed by atoms with Gasteiger partial charge in [0.2, 0.25) is 5.52 Å². The molecule has 1 saturated heterocycles. The summed E-state index contributed by atoms with van der Waals surface area (Å²) < 4.78 is 47.0. The summed E-state index contributed by atoms with van der Waals surface area (Å²) in [5.74, 6) is -2.68. The predicted molar refractivity (Wildman–Crippen MR) is 107 cm³/mol. The SMILES string of the molecule is CN(C)c1cc[n+](-c2nc(NC(=O)C(F)(F)F)nc3c2ncn3[C@@H]2C[C@H](O)[C@H](CO)O2)cc1. The molecule has 1 amide bonds. The Bertz CT molecular complexity index is 1170. The van der Waals surface area contributed by atoms with E-state index in [1.54, 1.807) is 29.8 Å². The standard InChI is InChI=1S/C19H20F3N7O4/c1-27(2)10-3-5-28(6-4-10)15-14-16(25-18(24-15)26-17(32)19(20,21)22)29(9-23-14)13-7-11(31)12(8-30)33-13/h3-6,9,11-13,30-31H,7-8H2,1-2H3/p+1/t11-,12-,13-/m0/s1. The Morgan fingerprint density at radius 3 is 2.61 bits per heavy atom. The van der Waals surface area contributed by atoms with Gasteiger partial charge in [-0.3, -0.25) is 14.7 Å². The maximum absolute atomic E-state index is 12.8. The van der Waals surface area contributed by atoms with E-state index in [-0.39, 0.29) is 23.4 Å². The number of carbonyl (C=O) groups excluding carboxylic acids is 1. The molecule has 3 aromatic heterocycles. The highest BCUT2D eigenvalue weighted by atomic mass is 19.4. The van der Waals surface area contributed by atoms with Gasteiger partial charge in [-0.05, 0) is 0 Å². The second-order valence-corrected chi connectivity index (χ2v) is 7.62. The van der Waals surface area contributed by atoms with Crippen molar-refractivity contribution in [1.82, 2.24) is 19.5 Å². The zero-order valence-electron chi connectivity index (χ0n) is 17.6. The maximum Gasteiger partial charge on any atom is 0.471 e. The molecule has 3 aromatic rings. The van der Waals surface area contributed by atoms with Crippen molar-refractivity contribution in [1.29, 1.82) is 0 Å². The van der Waals surface area contributed by atoms with Crippen LogP contribution >= 0.6 is 0 Å². The number of pyridine rings is 1. The summed E-state index contributed by atoms with van der Waals surface area (Å²) in [5.41, 5.74) is 1.18. The van der Waals surface area contributed by atoms with Gasteiger partial charge in [-0.15, -0.1) is 0 Å². The maximum atomic E-state index is 12.8. The van der Waals surface area contributed by atoms with E-state index >= 15 is 0 Å². The number of hydrogen-bond acceptors (Lipinski definition) is 8. The fourth-order valence-corrected chi connectivity index (χ4v) is 3.43. The van der Waals surface area contributed by atoms with Gasteiger partial charge >= 0.3 is 23.8 Å². The van der Waals surface area contributed by atoms with Gasteiger partial charge < -0.3 is 19.8 Å². The largest absolute Gasteiger partial charge is 0.471 e. The number of ether oxygens (including phenoxy) is 1. The number of fused-ring (bicyclic) bond motifs is 1. The molecular weight excluding hydrogens is 447 g/mol. The number of nitrogens with zero attached hydrogens (tertiary/aromatic N) is 6. The van der Waals surface area contributed by atoms with Gasteiger partial charge in [0, 0.05) is 43.3 Å². The van der Waals surface area contributed by atoms with Gasteiger partial charge in [-0.25, -0.2) is 9.55 Å². The van der Waals surface area contributed by atoms with E-state index in [4.69, 9.17) is 4.74 Å². The van der Waals surface area contributed by atoms with Gasteiger partial charge in [0.1, 0.15) is 12.3 Å². The van der Waals surface area contributed by atoms with Crippen molar-refractivity contribution in [2.24, 2.45) is 0 Å². The lowest BCUT2D eigenvalue weighted by atomic mass is 10.2. The quantitative estimate of drug-likeness (QED) is 0.457. The molecule has 0 aromatic carbocycles. The number of halogens is 3. The first-order valence-electron chi connectivity index (χ1n) is 9.84. The number of anilines is 2. The first kappa shape index (κ1) is 22.8. The van der Waals surface area contributed by atoms with Crippen molar-refractivity contribution in [3.8, 4) is 5.82 Å². The number of nitrogens with one attached hydrogen (secondary N) is 1. The number of alkyl halides is 3. The van der Waals surface area contributed by atoms with Crippen molar-refractivity contribution >= 4 is 28.7 Å². The molecule has 176 valence electrons. The van der Waals surface area contributed by atoms with Crippen LogP contribution in [0.3, 0.4) is 0 Å². The van der Waals surface area contributed by atoms with Crippen LogP contribution in [0.4, 0.5) is 24.8 Å². The van der Waals surface area contributed by atoms with Crippen LogP contribution in [0.1, 0.15) is 12.6 Å². The van der Waals surface area contributed by atoms with Crippen molar-refractivity contribution in [3.05, 3.63) is 30.9 Å². The third-order valence-corrected chi connectivity index (χ3v) is 5.15. The molecule has 0 bridgehead atoms. The van der Waals surface area contributed by atoms with Crippen molar-refractivity contribution in [2.45, 2.75) is 31.0 Å². The lowest BCUT2D eigenvalue weighted by Crippen LogP contribution is -2.34. The second kappa shape index (κ2) is 8.53. The highest BCUT2D eigenvalue weighted by Gasteiger charge is 2.41. The average Bonchev–Trinajstić information content (AvgIpc) is 3.35. The van der Waals surface area contributed by atoms with Crippen LogP contribution in [0, 0.1) is 0 Å². The number of amides is 1. The van der Waals surface area contributed by atoms with Gasteiger partial charge in [-0.2, -0.15) is 18.2 Å². The average molecular weight is 468 g/mol. The number of aliphatic hydroxyl groups is 2. The van der Waals surface area contributed by atoms with Crippen LogP contribution in [0.2, 0.25) is 0 Å². The van der Waals surface area contributed by atoms with E-state index in [1.807, 2.05) is 19.0 Å². The predicted octanol–water partition coefficient (Wildman–Crippen LogP) is 0.310. The van der Waals surface area contributed by atoms with Crippen molar-refractivity contribution in [2.75, 3.05) is 30.9 Å². The molecule has 3 atom stereocenters. The molecule has 4 heterocycles. The first-order chi connectivity index (χ1) is 15.6. The van der Waals surface area contributed by atoms with Crippen molar-refractivity contribution in [3.63, 3.8) is 0 Å². The highest BCUT2D eigenvalue weighted by Crippen LogP contribution is 2.31. The van der Waals surface area contributed by atoms with Gasteiger partial charge in [-0.1, -0.05) is 0 Å². The number of hydrogen-bond donors (Lipinski definition) is 3. The third kappa shape index (κ3) is 4.44. The summed E-state index contributed by atoms with van der Waals surface area (Å²) >= 11 is 0. The molecule has 0 spiro atoms. The minimum absolute atomic E-state index is 0.0810. The number of imidazole rings is 1. The molecule has 0 unspecified atom stereocenters. The van der Waals surface area contributed by atoms with Gasteiger partial charge in [0.15, 0.2) is 5.65 Å². The first-order valence-corrected chi connectivity index (χ1v) is 9.84. The molecule has 0 saturated carbocycles. The van der Waals surface area contributed by atoms with Gasteiger partial charge in [0.25, 0.3) is 0 Å². The molecule has 0 radical (unpaired) electrons. The van der Waals surface area contributed by atoms with Crippen LogP contribution in [0.5, 0.6) is 0 Å². The normalized spacial score (nSPS) is 20.9. The van der Waals surface area contributed by atoms with E-state index in [0.29, 0.717) is 0 Å². The Hall–Kier alpha value is -3.36. The van der Waals surface area contributed by atoms with E-state index in [0.717, 1.165) is 5.69 Å². The molecule has 11 nitrogen and oxygen atoms in total. The molecular formula is C19H21F3N7O4+. The summed E-state index contributed by atoms with van der Waals surface area (Å²) in [7, 11) is 3.70. The van der Waals surface area contributed by atoms with E-state index in [2.05, 4.69) is 15.0 Å². The fourth-order valence-electron chi connectivity index (χ4n) is 3.43. The molecule has 33 heavy (non-hydrogen) atoms. The Balaban J connectivity index is 1.82. The second-order valence-electron chi connectivity index (χ2n) is 7.62. The lowest BCUT2D eigenvalue weighted by molar-refractivity contribution is -0.598. The summed E-state index contributed by atoms with van der Waals surface area (Å²) in [6.45, 7) is -0.411. The highest BCUT2D eigenvalue weighted by molar-refractivity contribution is 5.94. The monoisotopic (exact) mass is 468 g/mol. The van der Waals surface area contributed by atoms with Crippen LogP contribution in [-0.4, -0.2) is 74.7 Å². The van der Waals surface area contributed by atoms with Crippen LogP contribution in [0.25, 0.3) is 17.0 Å². The Morgan fingerprint density at radius 2 is 2.03 bits per heavy atom. The Labute approximate surface area is 185 Å². The zero-order valence-corrected chi connectivity index (χ0v) is 17.6. The number of carbonyl (C=O) groups is 1. The van der Waals surface area contributed by atoms with Crippen LogP contribution in [-0.2, 0) is 9.53 Å². The molecule has 1 aliphatic rings. The van der Waals surface area contributed by atoms with E-state index < -0.39 is 43.1 Å². The van der Waals surface area contributed by atoms with Crippen LogP contribution in [0.15, 0.2) is 30.9 Å². The Kier molecular flexibility index (Phi) is 5.90. The molecule has 3 N–H and O–H groups in total. The molecule has 4 rings (SSSR count). The third-order valence-electron chi connectivity index (χ3n) is 5.15. The number of rotatable bonds is 5. The summed E-state index contributed by atoms with van der Waals surface area (Å²) in [4.78, 5) is 25.8. The molecule has 0 aliphatic carbocycles. The van der Waals surface area contributed by atoms with Crippen LogP contribution < -0.4 is 14.8 Å². The summed E-state index contributed by atoms with van der Waals surface area (Å²) in [6.07, 6.45) is -2.95. The minimum atomic E-state index is -5.13. The number of aliphatic hydroxyl groups excluding tert-OH is 2. The summed E-state index contributed by atoms with van der Waals surface area (Å²) in [6, 6.07) is 3.53. The topological polar surface area (TPSA) is 130 Å². The fraction of sp³-hybridized carbons (Fsp3) is 0.421. The molecule has 1 fully saturated rings. The molecule has 14 heteroatoms. The minimum Gasteiger partial charge on any atom is -0.394 e. The van der Waals surface area contributed by atoms with Crippen molar-refractivity contribution < 1.29 is 37.5 Å².